The van der Waals surface area contributed by atoms with E-state index in [4.69, 9.17) is 15.0 Å². The number of nitriles is 1. The van der Waals surface area contributed by atoms with Crippen molar-refractivity contribution in [2.24, 2.45) is 0 Å². The molecule has 166 valence electrons. The Morgan fingerprint density at radius 3 is 2.67 bits per heavy atom. The van der Waals surface area contributed by atoms with Crippen LogP contribution in [0.4, 0.5) is 5.69 Å². The molecular formula is C25H23N5O3. The van der Waals surface area contributed by atoms with E-state index in [0.29, 0.717) is 17.7 Å². The van der Waals surface area contributed by atoms with Gasteiger partial charge >= 0.3 is 5.97 Å². The first-order valence-corrected chi connectivity index (χ1v) is 10.6. The summed E-state index contributed by atoms with van der Waals surface area (Å²) in [6.45, 7) is 5.37. The molecule has 0 bridgehead atoms. The van der Waals surface area contributed by atoms with Crippen molar-refractivity contribution in [1.29, 1.82) is 5.26 Å². The molecule has 0 fully saturated rings. The van der Waals surface area contributed by atoms with E-state index in [2.05, 4.69) is 10.4 Å². The van der Waals surface area contributed by atoms with Crippen LogP contribution in [0.15, 0.2) is 48.5 Å². The second-order valence-corrected chi connectivity index (χ2v) is 7.79. The first-order valence-electron chi connectivity index (χ1n) is 10.6. The summed E-state index contributed by atoms with van der Waals surface area (Å²) in [5.41, 5.74) is 5.04. The predicted molar refractivity (Wildman–Crippen MR) is 124 cm³/mol. The average Bonchev–Trinajstić information content (AvgIpc) is 3.18. The largest absolute Gasteiger partial charge is 0.453 e. The monoisotopic (exact) mass is 441 g/mol. The van der Waals surface area contributed by atoms with Crippen molar-refractivity contribution >= 4 is 34.1 Å². The van der Waals surface area contributed by atoms with Crippen LogP contribution in [0.3, 0.4) is 0 Å². The summed E-state index contributed by atoms with van der Waals surface area (Å²) in [6.07, 6.45) is -0.480. The quantitative estimate of drug-likeness (QED) is 0.455. The fourth-order valence-electron chi connectivity index (χ4n) is 3.80. The predicted octanol–water partition coefficient (Wildman–Crippen LogP) is 3.87. The number of amides is 1. The summed E-state index contributed by atoms with van der Waals surface area (Å²) >= 11 is 0. The van der Waals surface area contributed by atoms with E-state index in [1.54, 1.807) is 28.8 Å². The van der Waals surface area contributed by atoms with Gasteiger partial charge in [-0.3, -0.25) is 9.59 Å². The van der Waals surface area contributed by atoms with E-state index in [0.717, 1.165) is 33.5 Å². The van der Waals surface area contributed by atoms with Gasteiger partial charge in [-0.2, -0.15) is 10.4 Å². The molecule has 2 aromatic carbocycles. The zero-order valence-corrected chi connectivity index (χ0v) is 18.6. The van der Waals surface area contributed by atoms with Crippen molar-refractivity contribution in [2.45, 2.75) is 39.7 Å². The molecule has 2 aromatic heterocycles. The number of ether oxygens (including phenoxy) is 1. The fourth-order valence-corrected chi connectivity index (χ4v) is 3.80. The van der Waals surface area contributed by atoms with E-state index in [9.17, 15) is 9.59 Å². The Kier molecular flexibility index (Phi) is 6.05. The van der Waals surface area contributed by atoms with Gasteiger partial charge in [-0.05, 0) is 57.0 Å². The van der Waals surface area contributed by atoms with Crippen LogP contribution in [-0.4, -0.2) is 32.6 Å². The summed E-state index contributed by atoms with van der Waals surface area (Å²) < 4.78 is 7.12. The third-order valence-corrected chi connectivity index (χ3v) is 5.58. The van der Waals surface area contributed by atoms with Crippen LogP contribution in [0.25, 0.3) is 16.6 Å². The highest BCUT2D eigenvalue weighted by Crippen LogP contribution is 2.23. The van der Waals surface area contributed by atoms with E-state index in [-0.39, 0.29) is 6.42 Å². The lowest BCUT2D eigenvalue weighted by Crippen LogP contribution is -2.30. The Morgan fingerprint density at radius 2 is 1.88 bits per heavy atom. The van der Waals surface area contributed by atoms with Crippen molar-refractivity contribution in [3.05, 3.63) is 71.0 Å². The maximum atomic E-state index is 12.4. The molecule has 4 rings (SSSR count). The summed E-state index contributed by atoms with van der Waals surface area (Å²) in [7, 11) is 0. The number of nitrogens with zero attached hydrogens (tertiary/aromatic N) is 4. The minimum Gasteiger partial charge on any atom is -0.453 e. The van der Waals surface area contributed by atoms with E-state index >= 15 is 0 Å². The summed E-state index contributed by atoms with van der Waals surface area (Å²) in [4.78, 5) is 29.6. The number of aryl methyl sites for hydroxylation is 2. The molecule has 1 amide bonds. The molecule has 0 radical (unpaired) electrons. The molecule has 0 aliphatic carbocycles. The first kappa shape index (κ1) is 22.0. The number of anilines is 1. The Balaban J connectivity index is 1.42. The van der Waals surface area contributed by atoms with Crippen LogP contribution in [-0.2, 0) is 20.7 Å². The lowest BCUT2D eigenvalue weighted by molar-refractivity contribution is -0.153. The van der Waals surface area contributed by atoms with Gasteiger partial charge in [-0.1, -0.05) is 24.3 Å². The number of esters is 1. The summed E-state index contributed by atoms with van der Waals surface area (Å²) in [6, 6.07) is 16.5. The van der Waals surface area contributed by atoms with E-state index in [1.165, 1.54) is 6.92 Å². The number of carbonyl (C=O) groups excluding carboxylic acids is 2. The van der Waals surface area contributed by atoms with Crippen molar-refractivity contribution in [2.75, 3.05) is 5.32 Å². The number of aromatic nitrogens is 3. The van der Waals surface area contributed by atoms with E-state index < -0.39 is 18.0 Å². The summed E-state index contributed by atoms with van der Waals surface area (Å²) in [5, 5.41) is 17.4. The van der Waals surface area contributed by atoms with Crippen molar-refractivity contribution < 1.29 is 14.3 Å². The number of fused-ring (bicyclic) bond motifs is 3. The average molecular weight is 441 g/mol. The van der Waals surface area contributed by atoms with Crippen LogP contribution >= 0.6 is 0 Å². The number of hydrogen-bond donors (Lipinski definition) is 1. The minimum atomic E-state index is -0.997. The Hall–Kier alpha value is -4.25. The van der Waals surface area contributed by atoms with Crippen molar-refractivity contribution in [3.63, 3.8) is 0 Å². The summed E-state index contributed by atoms with van der Waals surface area (Å²) in [5.74, 6) is -0.986. The normalized spacial score (nSPS) is 11.8. The van der Waals surface area contributed by atoms with Gasteiger partial charge < -0.3 is 10.1 Å². The maximum Gasteiger partial charge on any atom is 0.306 e. The van der Waals surface area contributed by atoms with Gasteiger partial charge in [0.1, 0.15) is 6.07 Å². The lowest BCUT2D eigenvalue weighted by Gasteiger charge is -2.15. The molecule has 8 heteroatoms. The number of nitrogens with one attached hydrogen (secondary N) is 1. The molecule has 0 aliphatic heterocycles. The number of benzene rings is 2. The second kappa shape index (κ2) is 9.09. The highest BCUT2D eigenvalue weighted by Gasteiger charge is 2.20. The number of para-hydroxylation sites is 1. The molecule has 2 heterocycles. The van der Waals surface area contributed by atoms with Gasteiger partial charge in [-0.25, -0.2) is 9.50 Å². The molecule has 0 spiro atoms. The van der Waals surface area contributed by atoms with Gasteiger partial charge in [0.05, 0.1) is 16.8 Å². The Morgan fingerprint density at radius 1 is 1.15 bits per heavy atom. The topological polar surface area (TPSA) is 109 Å². The highest BCUT2D eigenvalue weighted by atomic mass is 16.5. The Labute approximate surface area is 190 Å². The number of carbonyl (C=O) groups is 2. The molecule has 1 N–H and O–H groups in total. The van der Waals surface area contributed by atoms with Crippen molar-refractivity contribution in [1.82, 2.24) is 14.6 Å². The third kappa shape index (κ3) is 4.39. The van der Waals surface area contributed by atoms with E-state index in [1.807, 2.05) is 44.2 Å². The fraction of sp³-hybridized carbons (Fsp3) is 0.240. The molecule has 0 aliphatic rings. The van der Waals surface area contributed by atoms with Crippen LogP contribution < -0.4 is 5.32 Å². The molecule has 8 nitrogen and oxygen atoms in total. The SMILES string of the molecule is Cc1nc2c3ccccc3nn2c(C)c1CCC(=O)OC(C)C(=O)Nc1ccccc1C#N. The smallest absolute Gasteiger partial charge is 0.306 e. The molecule has 1 unspecified atom stereocenters. The molecule has 33 heavy (non-hydrogen) atoms. The molecular weight excluding hydrogens is 418 g/mol. The lowest BCUT2D eigenvalue weighted by atomic mass is 10.1. The standard InChI is InChI=1S/C25H23N5O3/c1-15-19(16(2)30-24(27-15)20-9-5-7-11-22(20)29-30)12-13-23(31)33-17(3)25(32)28-21-10-6-4-8-18(21)14-26/h4-11,17H,12-13H2,1-3H3,(H,28,32). The third-order valence-electron chi connectivity index (χ3n) is 5.58. The molecule has 1 atom stereocenters. The zero-order chi connectivity index (χ0) is 23.5. The van der Waals surface area contributed by atoms with Gasteiger partial charge in [0, 0.05) is 23.2 Å². The number of rotatable bonds is 6. The van der Waals surface area contributed by atoms with Gasteiger partial charge in [0.25, 0.3) is 5.91 Å². The second-order valence-electron chi connectivity index (χ2n) is 7.79. The molecule has 4 aromatic rings. The number of hydrogen-bond acceptors (Lipinski definition) is 6. The Bertz CT molecular complexity index is 1420. The van der Waals surface area contributed by atoms with Crippen LogP contribution in [0.2, 0.25) is 0 Å². The zero-order valence-electron chi connectivity index (χ0n) is 18.6. The van der Waals surface area contributed by atoms with Gasteiger partial charge in [-0.15, -0.1) is 0 Å². The van der Waals surface area contributed by atoms with Crippen molar-refractivity contribution in [3.8, 4) is 6.07 Å². The highest BCUT2D eigenvalue weighted by molar-refractivity contribution is 5.96. The molecule has 0 saturated heterocycles. The minimum absolute atomic E-state index is 0.0993. The first-order chi connectivity index (χ1) is 15.9. The van der Waals surface area contributed by atoms with Crippen LogP contribution in [0.1, 0.15) is 35.9 Å². The van der Waals surface area contributed by atoms with Gasteiger partial charge in [0.15, 0.2) is 11.8 Å². The molecule has 0 saturated carbocycles. The van der Waals surface area contributed by atoms with Gasteiger partial charge in [0.2, 0.25) is 0 Å². The maximum absolute atomic E-state index is 12.4. The van der Waals surface area contributed by atoms with Crippen LogP contribution in [0, 0.1) is 25.2 Å². The van der Waals surface area contributed by atoms with Crippen LogP contribution in [0.5, 0.6) is 0 Å².